The topological polar surface area (TPSA) is 56.8 Å². The van der Waals surface area contributed by atoms with Crippen LogP contribution in [0, 0.1) is 0 Å². The van der Waals surface area contributed by atoms with Gasteiger partial charge in [-0.15, -0.1) is 0 Å². The first kappa shape index (κ1) is 17.0. The summed E-state index contributed by atoms with van der Waals surface area (Å²) in [7, 11) is 0. The fraction of sp³-hybridized carbons (Fsp3) is 0.136. The van der Waals surface area contributed by atoms with Crippen LogP contribution in [-0.2, 0) is 13.2 Å². The van der Waals surface area contributed by atoms with E-state index in [4.69, 9.17) is 14.2 Å². The van der Waals surface area contributed by atoms with E-state index >= 15 is 0 Å². The maximum Gasteiger partial charge on any atom is 0.251 e. The number of carbonyl (C=O) groups is 1. The van der Waals surface area contributed by atoms with Gasteiger partial charge in [-0.25, -0.2) is 0 Å². The molecular formula is C22H19NO4. The summed E-state index contributed by atoms with van der Waals surface area (Å²) in [6.07, 6.45) is 0. The van der Waals surface area contributed by atoms with E-state index in [0.717, 1.165) is 16.9 Å². The number of rotatable bonds is 6. The third-order valence-electron chi connectivity index (χ3n) is 4.23. The fourth-order valence-corrected chi connectivity index (χ4v) is 2.80. The van der Waals surface area contributed by atoms with E-state index in [1.54, 1.807) is 12.1 Å². The lowest BCUT2D eigenvalue weighted by molar-refractivity contribution is 0.0950. The molecule has 136 valence electrons. The van der Waals surface area contributed by atoms with Crippen LogP contribution in [0.25, 0.3) is 0 Å². The van der Waals surface area contributed by atoms with Gasteiger partial charge < -0.3 is 19.5 Å². The van der Waals surface area contributed by atoms with E-state index < -0.39 is 0 Å². The number of hydrogen-bond acceptors (Lipinski definition) is 4. The Bertz CT molecular complexity index is 940. The maximum atomic E-state index is 12.5. The molecule has 3 aromatic rings. The molecule has 0 radical (unpaired) electrons. The van der Waals surface area contributed by atoms with E-state index in [1.807, 2.05) is 60.7 Å². The summed E-state index contributed by atoms with van der Waals surface area (Å²) in [5.74, 6) is 1.94. The molecule has 0 atom stereocenters. The highest BCUT2D eigenvalue weighted by Crippen LogP contribution is 2.32. The van der Waals surface area contributed by atoms with Crippen LogP contribution in [0.3, 0.4) is 0 Å². The van der Waals surface area contributed by atoms with Gasteiger partial charge in [-0.1, -0.05) is 42.5 Å². The van der Waals surface area contributed by atoms with Gasteiger partial charge in [0.05, 0.1) is 0 Å². The molecule has 5 heteroatoms. The highest BCUT2D eigenvalue weighted by atomic mass is 16.7. The van der Waals surface area contributed by atoms with Gasteiger partial charge in [0, 0.05) is 12.1 Å². The highest BCUT2D eigenvalue weighted by molar-refractivity contribution is 5.94. The molecular weight excluding hydrogens is 342 g/mol. The molecule has 0 saturated carbocycles. The van der Waals surface area contributed by atoms with Crippen LogP contribution in [0.1, 0.15) is 21.5 Å². The largest absolute Gasteiger partial charge is 0.489 e. The molecule has 0 spiro atoms. The van der Waals surface area contributed by atoms with Gasteiger partial charge in [-0.3, -0.25) is 4.79 Å². The van der Waals surface area contributed by atoms with Gasteiger partial charge in [-0.05, 0) is 41.5 Å². The van der Waals surface area contributed by atoms with Gasteiger partial charge in [0.2, 0.25) is 6.79 Å². The van der Waals surface area contributed by atoms with Crippen LogP contribution in [0.4, 0.5) is 0 Å². The van der Waals surface area contributed by atoms with Crippen LogP contribution in [-0.4, -0.2) is 12.7 Å². The number of hydrogen-bond donors (Lipinski definition) is 1. The number of ether oxygens (including phenoxy) is 3. The van der Waals surface area contributed by atoms with Crippen LogP contribution >= 0.6 is 0 Å². The molecule has 4 rings (SSSR count). The average molecular weight is 361 g/mol. The number of fused-ring (bicyclic) bond motifs is 1. The fourth-order valence-electron chi connectivity index (χ4n) is 2.80. The summed E-state index contributed by atoms with van der Waals surface area (Å²) < 4.78 is 16.4. The van der Waals surface area contributed by atoms with Crippen LogP contribution in [0.15, 0.2) is 72.8 Å². The van der Waals surface area contributed by atoms with Gasteiger partial charge >= 0.3 is 0 Å². The zero-order chi connectivity index (χ0) is 18.5. The SMILES string of the molecule is O=C(NCc1ccc2c(c1)OCO2)c1cccc(OCc2ccccc2)c1. The van der Waals surface area contributed by atoms with Gasteiger partial charge in [0.15, 0.2) is 11.5 Å². The average Bonchev–Trinajstić information content (AvgIpc) is 3.19. The molecule has 0 unspecified atom stereocenters. The molecule has 1 heterocycles. The van der Waals surface area contributed by atoms with E-state index in [9.17, 15) is 4.79 Å². The minimum atomic E-state index is -0.155. The number of nitrogens with one attached hydrogen (secondary N) is 1. The lowest BCUT2D eigenvalue weighted by atomic mass is 10.1. The van der Waals surface area contributed by atoms with Crippen LogP contribution in [0.2, 0.25) is 0 Å². The molecule has 0 fully saturated rings. The second-order valence-electron chi connectivity index (χ2n) is 6.17. The zero-order valence-corrected chi connectivity index (χ0v) is 14.7. The second-order valence-corrected chi connectivity index (χ2v) is 6.17. The maximum absolute atomic E-state index is 12.5. The monoisotopic (exact) mass is 361 g/mol. The van der Waals surface area contributed by atoms with Crippen molar-refractivity contribution in [3.63, 3.8) is 0 Å². The normalized spacial score (nSPS) is 11.9. The Kier molecular flexibility index (Phi) is 4.92. The lowest BCUT2D eigenvalue weighted by Crippen LogP contribution is -2.22. The van der Waals surface area contributed by atoms with Gasteiger partial charge in [-0.2, -0.15) is 0 Å². The lowest BCUT2D eigenvalue weighted by Gasteiger charge is -2.09. The second kappa shape index (κ2) is 7.83. The van der Waals surface area contributed by atoms with Crippen LogP contribution < -0.4 is 19.5 Å². The first-order valence-electron chi connectivity index (χ1n) is 8.71. The smallest absolute Gasteiger partial charge is 0.251 e. The molecule has 5 nitrogen and oxygen atoms in total. The van der Waals surface area contributed by atoms with Crippen molar-refractivity contribution >= 4 is 5.91 Å². The molecule has 1 aliphatic heterocycles. The van der Waals surface area contributed by atoms with E-state index in [-0.39, 0.29) is 12.7 Å². The quantitative estimate of drug-likeness (QED) is 0.723. The summed E-state index contributed by atoms with van der Waals surface area (Å²) in [6.45, 7) is 1.11. The van der Waals surface area contributed by atoms with Crippen molar-refractivity contribution in [3.8, 4) is 17.2 Å². The Morgan fingerprint density at radius 1 is 0.889 bits per heavy atom. The third-order valence-corrected chi connectivity index (χ3v) is 4.23. The molecule has 3 aromatic carbocycles. The zero-order valence-electron chi connectivity index (χ0n) is 14.7. The first-order chi connectivity index (χ1) is 13.3. The number of benzene rings is 3. The van der Waals surface area contributed by atoms with Crippen molar-refractivity contribution in [3.05, 3.63) is 89.5 Å². The molecule has 0 saturated heterocycles. The molecule has 1 N–H and O–H groups in total. The minimum Gasteiger partial charge on any atom is -0.489 e. The number of amides is 1. The Morgan fingerprint density at radius 2 is 1.74 bits per heavy atom. The minimum absolute atomic E-state index is 0.155. The first-order valence-corrected chi connectivity index (χ1v) is 8.71. The van der Waals surface area contributed by atoms with Crippen molar-refractivity contribution in [1.29, 1.82) is 0 Å². The van der Waals surface area contributed by atoms with Crippen molar-refractivity contribution in [2.75, 3.05) is 6.79 Å². The van der Waals surface area contributed by atoms with E-state index in [1.165, 1.54) is 0 Å². The highest BCUT2D eigenvalue weighted by Gasteiger charge is 2.14. The van der Waals surface area contributed by atoms with Crippen molar-refractivity contribution in [2.45, 2.75) is 13.2 Å². The molecule has 27 heavy (non-hydrogen) atoms. The molecule has 1 aliphatic rings. The summed E-state index contributed by atoms with van der Waals surface area (Å²) in [5, 5.41) is 2.92. The molecule has 1 amide bonds. The van der Waals surface area contributed by atoms with E-state index in [2.05, 4.69) is 5.32 Å². The van der Waals surface area contributed by atoms with Crippen LogP contribution in [0.5, 0.6) is 17.2 Å². The van der Waals surface area contributed by atoms with Gasteiger partial charge in [0.1, 0.15) is 12.4 Å². The standard InChI is InChI=1S/C22H19NO4/c24-22(23-13-17-9-10-20-21(11-17)27-15-26-20)18-7-4-8-19(12-18)25-14-16-5-2-1-3-6-16/h1-12H,13-15H2,(H,23,24). The van der Waals surface area contributed by atoms with Crippen molar-refractivity contribution < 1.29 is 19.0 Å². The summed E-state index contributed by atoms with van der Waals surface area (Å²) in [5.41, 5.74) is 2.58. The Labute approximate surface area is 157 Å². The summed E-state index contributed by atoms with van der Waals surface area (Å²) in [4.78, 5) is 12.5. The Hall–Kier alpha value is -3.47. The molecule has 0 aliphatic carbocycles. The Balaban J connectivity index is 1.36. The summed E-state index contributed by atoms with van der Waals surface area (Å²) >= 11 is 0. The predicted octanol–water partition coefficient (Wildman–Crippen LogP) is 3.92. The Morgan fingerprint density at radius 3 is 2.63 bits per heavy atom. The third kappa shape index (κ3) is 4.20. The number of carbonyl (C=O) groups excluding carboxylic acids is 1. The van der Waals surface area contributed by atoms with Crippen molar-refractivity contribution in [1.82, 2.24) is 5.32 Å². The van der Waals surface area contributed by atoms with Crippen molar-refractivity contribution in [2.24, 2.45) is 0 Å². The van der Waals surface area contributed by atoms with E-state index in [0.29, 0.717) is 30.2 Å². The predicted molar refractivity (Wildman–Crippen MR) is 101 cm³/mol. The molecule has 0 bridgehead atoms. The van der Waals surface area contributed by atoms with Gasteiger partial charge in [0.25, 0.3) is 5.91 Å². The molecule has 0 aromatic heterocycles. The summed E-state index contributed by atoms with van der Waals surface area (Å²) in [6, 6.07) is 22.7.